The number of ether oxygens (including phenoxy) is 1. The fourth-order valence-electron chi connectivity index (χ4n) is 2.72. The van der Waals surface area contributed by atoms with Gasteiger partial charge in [0, 0.05) is 44.5 Å². The van der Waals surface area contributed by atoms with Crippen LogP contribution in [0.5, 0.6) is 0 Å². The van der Waals surface area contributed by atoms with Crippen LogP contribution in [0, 0.1) is 5.82 Å². The molecule has 2 N–H and O–H groups in total. The number of nitrogens with zero attached hydrogens (tertiary/aromatic N) is 2. The van der Waals surface area contributed by atoms with Crippen LogP contribution in [0.1, 0.15) is 15.9 Å². The summed E-state index contributed by atoms with van der Waals surface area (Å²) in [6, 6.07) is 9.67. The van der Waals surface area contributed by atoms with E-state index in [2.05, 4.69) is 20.5 Å². The molecule has 0 aliphatic carbocycles. The second kappa shape index (κ2) is 9.26. The Hall–Kier alpha value is -2.51. The summed E-state index contributed by atoms with van der Waals surface area (Å²) < 4.78 is 18.2. The Balaban J connectivity index is 1.47. The lowest BCUT2D eigenvalue weighted by molar-refractivity contribution is 0.0383. The number of carbonyl (C=O) groups excluding carboxylic acids is 1. The topological polar surface area (TPSA) is 66.5 Å². The second-order valence-electron chi connectivity index (χ2n) is 6.12. The maximum absolute atomic E-state index is 12.9. The highest BCUT2D eigenvalue weighted by Crippen LogP contribution is 2.10. The fourth-order valence-corrected chi connectivity index (χ4v) is 2.72. The van der Waals surface area contributed by atoms with E-state index in [0.717, 1.165) is 38.4 Å². The van der Waals surface area contributed by atoms with Crippen LogP contribution in [-0.2, 0) is 11.3 Å². The van der Waals surface area contributed by atoms with Crippen molar-refractivity contribution in [3.63, 3.8) is 0 Å². The van der Waals surface area contributed by atoms with Gasteiger partial charge >= 0.3 is 0 Å². The molecule has 1 amide bonds. The van der Waals surface area contributed by atoms with Crippen molar-refractivity contribution in [2.24, 2.45) is 0 Å². The van der Waals surface area contributed by atoms with E-state index in [-0.39, 0.29) is 11.7 Å². The van der Waals surface area contributed by atoms with Gasteiger partial charge in [0.1, 0.15) is 11.6 Å². The molecule has 1 aromatic heterocycles. The van der Waals surface area contributed by atoms with Gasteiger partial charge in [0.15, 0.2) is 0 Å². The molecule has 26 heavy (non-hydrogen) atoms. The number of amides is 1. The first-order chi connectivity index (χ1) is 12.7. The van der Waals surface area contributed by atoms with Crippen molar-refractivity contribution in [3.05, 3.63) is 59.5 Å². The van der Waals surface area contributed by atoms with Crippen molar-refractivity contribution >= 4 is 11.7 Å². The van der Waals surface area contributed by atoms with Gasteiger partial charge in [-0.1, -0.05) is 12.1 Å². The lowest BCUT2D eigenvalue weighted by Gasteiger charge is -2.26. The molecule has 0 unspecified atom stereocenters. The molecule has 0 saturated carbocycles. The zero-order valence-corrected chi connectivity index (χ0v) is 14.6. The summed E-state index contributed by atoms with van der Waals surface area (Å²) in [7, 11) is 0. The van der Waals surface area contributed by atoms with E-state index in [1.807, 2.05) is 0 Å². The maximum Gasteiger partial charge on any atom is 0.251 e. The minimum absolute atomic E-state index is 0.120. The molecule has 1 aliphatic rings. The molecule has 1 aliphatic heterocycles. The third-order valence-electron chi connectivity index (χ3n) is 4.23. The first-order valence-electron chi connectivity index (χ1n) is 8.73. The van der Waals surface area contributed by atoms with Gasteiger partial charge in [0.05, 0.1) is 13.2 Å². The summed E-state index contributed by atoms with van der Waals surface area (Å²) in [5.41, 5.74) is 1.50. The number of aromatic nitrogens is 1. The van der Waals surface area contributed by atoms with Crippen molar-refractivity contribution in [1.29, 1.82) is 0 Å². The summed E-state index contributed by atoms with van der Waals surface area (Å²) in [5.74, 6) is 0.225. The Morgan fingerprint density at radius 1 is 1.19 bits per heavy atom. The van der Waals surface area contributed by atoms with E-state index in [0.29, 0.717) is 24.5 Å². The van der Waals surface area contributed by atoms with Crippen LogP contribution >= 0.6 is 0 Å². The highest BCUT2D eigenvalue weighted by Gasteiger charge is 2.11. The molecular formula is C19H23FN4O2. The zero-order chi connectivity index (χ0) is 18.2. The predicted octanol–water partition coefficient (Wildman–Crippen LogP) is 1.89. The van der Waals surface area contributed by atoms with Crippen molar-refractivity contribution in [2.75, 3.05) is 44.7 Å². The van der Waals surface area contributed by atoms with Crippen LogP contribution < -0.4 is 10.6 Å². The number of anilines is 1. The fraction of sp³-hybridized carbons (Fsp3) is 0.368. The number of hydrogen-bond acceptors (Lipinski definition) is 5. The third kappa shape index (κ3) is 5.50. The summed E-state index contributed by atoms with van der Waals surface area (Å²) in [6.07, 6.45) is 1.60. The molecule has 2 aromatic rings. The molecule has 0 spiro atoms. The highest BCUT2D eigenvalue weighted by atomic mass is 19.1. The number of carbonyl (C=O) groups is 1. The number of rotatable bonds is 7. The molecule has 1 aromatic carbocycles. The minimum atomic E-state index is -0.261. The first-order valence-corrected chi connectivity index (χ1v) is 8.73. The van der Waals surface area contributed by atoms with E-state index < -0.39 is 0 Å². The number of morpholine rings is 1. The van der Waals surface area contributed by atoms with Crippen molar-refractivity contribution in [1.82, 2.24) is 15.2 Å². The molecule has 1 fully saturated rings. The highest BCUT2D eigenvalue weighted by molar-refractivity contribution is 5.94. The molecule has 2 heterocycles. The average molecular weight is 358 g/mol. The second-order valence-corrected chi connectivity index (χ2v) is 6.12. The van der Waals surface area contributed by atoms with Crippen molar-refractivity contribution in [3.8, 4) is 0 Å². The molecular weight excluding hydrogens is 335 g/mol. The van der Waals surface area contributed by atoms with E-state index >= 15 is 0 Å². The minimum Gasteiger partial charge on any atom is -0.379 e. The van der Waals surface area contributed by atoms with Crippen LogP contribution in [0.3, 0.4) is 0 Å². The molecule has 1 saturated heterocycles. The first kappa shape index (κ1) is 18.3. The van der Waals surface area contributed by atoms with Crippen LogP contribution in [0.25, 0.3) is 0 Å². The lowest BCUT2D eigenvalue weighted by Crippen LogP contribution is -2.41. The summed E-state index contributed by atoms with van der Waals surface area (Å²) in [6.45, 7) is 5.23. The van der Waals surface area contributed by atoms with E-state index in [9.17, 15) is 9.18 Å². The van der Waals surface area contributed by atoms with Gasteiger partial charge < -0.3 is 15.4 Å². The molecule has 0 bridgehead atoms. The van der Waals surface area contributed by atoms with Gasteiger partial charge in [-0.15, -0.1) is 0 Å². The smallest absolute Gasteiger partial charge is 0.251 e. The quantitative estimate of drug-likeness (QED) is 0.791. The van der Waals surface area contributed by atoms with Gasteiger partial charge in [0.25, 0.3) is 5.91 Å². The maximum atomic E-state index is 12.9. The molecule has 138 valence electrons. The standard InChI is InChI=1S/C19H23FN4O2/c20-17-3-1-15(2-4-17)14-23-18-13-16(5-6-21-18)19(25)22-7-8-24-9-11-26-12-10-24/h1-6,13H,7-12,14H2,(H,21,23)(H,22,25). The normalized spacial score (nSPS) is 14.8. The Bertz CT molecular complexity index is 718. The van der Waals surface area contributed by atoms with Gasteiger partial charge in [-0.05, 0) is 29.8 Å². The van der Waals surface area contributed by atoms with E-state index in [4.69, 9.17) is 4.74 Å². The van der Waals surface area contributed by atoms with Crippen LogP contribution in [0.15, 0.2) is 42.6 Å². The lowest BCUT2D eigenvalue weighted by atomic mass is 10.2. The summed E-state index contributed by atoms with van der Waals surface area (Å²) >= 11 is 0. The molecule has 6 nitrogen and oxygen atoms in total. The molecule has 0 radical (unpaired) electrons. The van der Waals surface area contributed by atoms with E-state index in [1.54, 1.807) is 30.5 Å². The van der Waals surface area contributed by atoms with Gasteiger partial charge in [0.2, 0.25) is 0 Å². The third-order valence-corrected chi connectivity index (χ3v) is 4.23. The van der Waals surface area contributed by atoms with E-state index in [1.165, 1.54) is 12.1 Å². The summed E-state index contributed by atoms with van der Waals surface area (Å²) in [4.78, 5) is 18.8. The van der Waals surface area contributed by atoms with Crippen LogP contribution in [-0.4, -0.2) is 55.2 Å². The molecule has 7 heteroatoms. The van der Waals surface area contributed by atoms with Crippen LogP contribution in [0.2, 0.25) is 0 Å². The Morgan fingerprint density at radius 2 is 1.96 bits per heavy atom. The van der Waals surface area contributed by atoms with Gasteiger partial charge in [-0.25, -0.2) is 9.37 Å². The molecule has 0 atom stereocenters. The van der Waals surface area contributed by atoms with Gasteiger partial charge in [-0.3, -0.25) is 9.69 Å². The predicted molar refractivity (Wildman–Crippen MR) is 97.6 cm³/mol. The number of halogens is 1. The zero-order valence-electron chi connectivity index (χ0n) is 14.6. The number of benzene rings is 1. The summed E-state index contributed by atoms with van der Waals surface area (Å²) in [5, 5.41) is 6.08. The Labute approximate surface area is 152 Å². The number of pyridine rings is 1. The van der Waals surface area contributed by atoms with Crippen LogP contribution in [0.4, 0.5) is 10.2 Å². The molecule has 3 rings (SSSR count). The Kier molecular flexibility index (Phi) is 6.51. The average Bonchev–Trinajstić information content (AvgIpc) is 2.68. The number of hydrogen-bond donors (Lipinski definition) is 2. The SMILES string of the molecule is O=C(NCCN1CCOCC1)c1ccnc(NCc2ccc(F)cc2)c1. The van der Waals surface area contributed by atoms with Gasteiger partial charge in [-0.2, -0.15) is 0 Å². The largest absolute Gasteiger partial charge is 0.379 e. The van der Waals surface area contributed by atoms with Crippen molar-refractivity contribution < 1.29 is 13.9 Å². The number of nitrogens with one attached hydrogen (secondary N) is 2. The Morgan fingerprint density at radius 3 is 2.73 bits per heavy atom. The monoisotopic (exact) mass is 358 g/mol. The van der Waals surface area contributed by atoms with Crippen molar-refractivity contribution in [2.45, 2.75) is 6.54 Å².